The monoisotopic (exact) mass is 444 g/mol. The maximum Gasteiger partial charge on any atom is 0.313 e. The summed E-state index contributed by atoms with van der Waals surface area (Å²) in [5, 5.41) is 0. The fourth-order valence-electron chi connectivity index (χ4n) is 3.47. The lowest BCUT2D eigenvalue weighted by Crippen LogP contribution is -2.65. The molecule has 0 saturated carbocycles. The fraction of sp³-hybridized carbons (Fsp3) is 0.611. The Morgan fingerprint density at radius 2 is 2.04 bits per heavy atom. The molecule has 5 nitrogen and oxygen atoms in total. The van der Waals surface area contributed by atoms with Gasteiger partial charge in [0.1, 0.15) is 6.61 Å². The number of carbonyl (C=O) groups is 1. The van der Waals surface area contributed by atoms with Gasteiger partial charge in [0.15, 0.2) is 0 Å². The van der Waals surface area contributed by atoms with Gasteiger partial charge < -0.3 is 9.47 Å². The summed E-state index contributed by atoms with van der Waals surface area (Å²) in [5.41, 5.74) is 0.416. The van der Waals surface area contributed by atoms with Crippen LogP contribution in [-0.4, -0.2) is 58.9 Å². The van der Waals surface area contributed by atoms with E-state index < -0.39 is 5.41 Å². The predicted molar refractivity (Wildman–Crippen MR) is 101 cm³/mol. The molecular weight excluding hydrogens is 419 g/mol. The third kappa shape index (κ3) is 3.92. The standard InChI is InChI=1S/C18H25IN2O3/c1-18(2,17(22)24-11-14-6-4-3-5-7-14)16-13-23-12-15-10-20(19)8-9-21(15)16/h3-7,15-16H,8-13H2,1-2H3/t15?,16-/m0/s1. The number of nitrogens with zero attached hydrogens (tertiary/aromatic N) is 2. The molecule has 0 N–H and O–H groups in total. The summed E-state index contributed by atoms with van der Waals surface area (Å²) in [6.07, 6.45) is 0. The van der Waals surface area contributed by atoms with Crippen LogP contribution in [0.25, 0.3) is 0 Å². The Kier molecular flexibility index (Phi) is 5.79. The highest BCUT2D eigenvalue weighted by Crippen LogP contribution is 2.33. The molecule has 0 radical (unpaired) electrons. The quantitative estimate of drug-likeness (QED) is 0.406. The normalized spacial score (nSPS) is 26.0. The van der Waals surface area contributed by atoms with Crippen LogP contribution in [0.2, 0.25) is 0 Å². The van der Waals surface area contributed by atoms with Crippen LogP contribution in [-0.2, 0) is 20.9 Å². The Morgan fingerprint density at radius 1 is 1.29 bits per heavy atom. The third-order valence-corrected chi connectivity index (χ3v) is 5.91. The molecule has 1 aromatic carbocycles. The summed E-state index contributed by atoms with van der Waals surface area (Å²) in [6.45, 7) is 8.57. The maximum absolute atomic E-state index is 12.8. The van der Waals surface area contributed by atoms with Crippen molar-refractivity contribution >= 4 is 28.8 Å². The zero-order valence-electron chi connectivity index (χ0n) is 14.3. The highest BCUT2D eigenvalue weighted by Gasteiger charge is 2.47. The number of rotatable bonds is 4. The number of hydrogen-bond acceptors (Lipinski definition) is 5. The lowest BCUT2D eigenvalue weighted by molar-refractivity contribution is -0.169. The number of piperazine rings is 1. The molecule has 2 fully saturated rings. The second-order valence-electron chi connectivity index (χ2n) is 7.10. The smallest absolute Gasteiger partial charge is 0.313 e. The number of halogens is 1. The first-order valence-electron chi connectivity index (χ1n) is 8.44. The molecule has 2 aliphatic heterocycles. The van der Waals surface area contributed by atoms with E-state index >= 15 is 0 Å². The molecule has 3 rings (SSSR count). The molecule has 6 heteroatoms. The largest absolute Gasteiger partial charge is 0.460 e. The van der Waals surface area contributed by atoms with E-state index in [0.717, 1.165) is 31.8 Å². The van der Waals surface area contributed by atoms with Crippen LogP contribution in [0.15, 0.2) is 30.3 Å². The van der Waals surface area contributed by atoms with Gasteiger partial charge in [-0.05, 0) is 19.4 Å². The summed E-state index contributed by atoms with van der Waals surface area (Å²) >= 11 is 2.37. The van der Waals surface area contributed by atoms with E-state index in [9.17, 15) is 4.79 Å². The van der Waals surface area contributed by atoms with Crippen molar-refractivity contribution in [2.45, 2.75) is 32.5 Å². The van der Waals surface area contributed by atoms with E-state index in [0.29, 0.717) is 19.3 Å². The van der Waals surface area contributed by atoms with E-state index in [-0.39, 0.29) is 12.0 Å². The highest BCUT2D eigenvalue weighted by atomic mass is 127. The Labute approximate surface area is 157 Å². The fourth-order valence-corrected chi connectivity index (χ4v) is 4.14. The molecule has 2 heterocycles. The van der Waals surface area contributed by atoms with E-state index in [2.05, 4.69) is 30.9 Å². The van der Waals surface area contributed by atoms with Gasteiger partial charge >= 0.3 is 5.97 Å². The van der Waals surface area contributed by atoms with Gasteiger partial charge in [-0.1, -0.05) is 30.3 Å². The second-order valence-corrected chi connectivity index (χ2v) is 8.46. The molecule has 2 saturated heterocycles. The summed E-state index contributed by atoms with van der Waals surface area (Å²) in [5.74, 6) is -0.155. The zero-order valence-corrected chi connectivity index (χ0v) is 16.4. The van der Waals surface area contributed by atoms with Crippen LogP contribution < -0.4 is 0 Å². The van der Waals surface area contributed by atoms with Crippen molar-refractivity contribution < 1.29 is 14.3 Å². The Bertz CT molecular complexity index is 567. The first-order chi connectivity index (χ1) is 11.5. The van der Waals surface area contributed by atoms with E-state index in [1.807, 2.05) is 44.2 Å². The van der Waals surface area contributed by atoms with Gasteiger partial charge in [0, 0.05) is 54.6 Å². The number of benzene rings is 1. The molecule has 0 spiro atoms. The van der Waals surface area contributed by atoms with Crippen LogP contribution in [0.4, 0.5) is 0 Å². The molecule has 2 atom stereocenters. The number of fused-ring (bicyclic) bond motifs is 1. The summed E-state index contributed by atoms with van der Waals surface area (Å²) in [6, 6.07) is 10.2. The molecule has 0 aromatic heterocycles. The first-order valence-corrected chi connectivity index (χ1v) is 9.40. The number of esters is 1. The minimum atomic E-state index is -0.596. The molecule has 0 aliphatic carbocycles. The molecule has 132 valence electrons. The third-order valence-electron chi connectivity index (χ3n) is 5.04. The molecule has 1 unspecified atom stereocenters. The van der Waals surface area contributed by atoms with Gasteiger partial charge in [0.25, 0.3) is 0 Å². The van der Waals surface area contributed by atoms with Gasteiger partial charge in [-0.3, -0.25) is 9.69 Å². The maximum atomic E-state index is 12.8. The number of hydrogen-bond donors (Lipinski definition) is 0. The average molecular weight is 444 g/mol. The van der Waals surface area contributed by atoms with Crippen molar-refractivity contribution in [3.63, 3.8) is 0 Å². The molecule has 1 aromatic rings. The minimum Gasteiger partial charge on any atom is -0.460 e. The van der Waals surface area contributed by atoms with E-state index in [1.165, 1.54) is 0 Å². The van der Waals surface area contributed by atoms with Gasteiger partial charge in [0.05, 0.1) is 18.6 Å². The van der Waals surface area contributed by atoms with Crippen LogP contribution in [0.1, 0.15) is 19.4 Å². The van der Waals surface area contributed by atoms with Crippen LogP contribution in [0, 0.1) is 5.41 Å². The van der Waals surface area contributed by atoms with Crippen LogP contribution in [0.5, 0.6) is 0 Å². The minimum absolute atomic E-state index is 0.0598. The molecule has 0 amide bonds. The average Bonchev–Trinajstić information content (AvgIpc) is 2.59. The second kappa shape index (κ2) is 7.68. The van der Waals surface area contributed by atoms with Crippen molar-refractivity contribution in [3.05, 3.63) is 35.9 Å². The van der Waals surface area contributed by atoms with E-state index in [4.69, 9.17) is 9.47 Å². The first kappa shape index (κ1) is 18.1. The Morgan fingerprint density at radius 3 is 2.79 bits per heavy atom. The van der Waals surface area contributed by atoms with Gasteiger partial charge in [-0.2, -0.15) is 0 Å². The zero-order chi connectivity index (χ0) is 17.2. The SMILES string of the molecule is CC(C)(C(=O)OCc1ccccc1)[C@@H]1COCC2CN(I)CCN21. The molecule has 24 heavy (non-hydrogen) atoms. The van der Waals surface area contributed by atoms with Crippen molar-refractivity contribution in [3.8, 4) is 0 Å². The van der Waals surface area contributed by atoms with Crippen molar-refractivity contribution in [1.82, 2.24) is 8.01 Å². The Balaban J connectivity index is 1.65. The van der Waals surface area contributed by atoms with Crippen LogP contribution in [0.3, 0.4) is 0 Å². The van der Waals surface area contributed by atoms with Crippen molar-refractivity contribution in [2.24, 2.45) is 5.41 Å². The Hall–Kier alpha value is -0.700. The van der Waals surface area contributed by atoms with Crippen molar-refractivity contribution in [2.75, 3.05) is 32.8 Å². The number of morpholine rings is 1. The lowest BCUT2D eigenvalue weighted by atomic mass is 9.82. The van der Waals surface area contributed by atoms with Crippen molar-refractivity contribution in [1.29, 1.82) is 0 Å². The van der Waals surface area contributed by atoms with Gasteiger partial charge in [-0.25, -0.2) is 3.11 Å². The predicted octanol–water partition coefficient (Wildman–Crippen LogP) is 2.49. The van der Waals surface area contributed by atoms with Crippen LogP contribution >= 0.6 is 22.9 Å². The highest BCUT2D eigenvalue weighted by molar-refractivity contribution is 14.1. The number of carbonyl (C=O) groups excluding carboxylic acids is 1. The molecule has 2 aliphatic rings. The number of ether oxygens (including phenoxy) is 2. The summed E-state index contributed by atoms with van der Waals surface area (Å²) in [7, 11) is 0. The lowest BCUT2D eigenvalue weighted by Gasteiger charge is -2.50. The van der Waals surface area contributed by atoms with Gasteiger partial charge in [-0.15, -0.1) is 0 Å². The summed E-state index contributed by atoms with van der Waals surface area (Å²) < 4.78 is 13.7. The molecule has 0 bridgehead atoms. The summed E-state index contributed by atoms with van der Waals surface area (Å²) in [4.78, 5) is 15.2. The topological polar surface area (TPSA) is 42.0 Å². The van der Waals surface area contributed by atoms with Gasteiger partial charge in [0.2, 0.25) is 0 Å². The van der Waals surface area contributed by atoms with E-state index in [1.54, 1.807) is 0 Å². The molecular formula is C18H25IN2O3.